The van der Waals surface area contributed by atoms with Crippen molar-refractivity contribution in [3.63, 3.8) is 0 Å². The molecule has 2 rings (SSSR count). The molecular weight excluding hydrogens is 200 g/mol. The van der Waals surface area contributed by atoms with Gasteiger partial charge in [0, 0.05) is 18.6 Å². The van der Waals surface area contributed by atoms with Gasteiger partial charge in [0.1, 0.15) is 5.75 Å². The van der Waals surface area contributed by atoms with Crippen molar-refractivity contribution in [2.75, 3.05) is 20.7 Å². The Hall–Kier alpha value is -1.06. The van der Waals surface area contributed by atoms with Crippen molar-refractivity contribution in [1.82, 2.24) is 4.90 Å². The molecule has 2 N–H and O–H groups in total. The van der Waals surface area contributed by atoms with Crippen LogP contribution in [0.3, 0.4) is 0 Å². The molecular formula is C13H20N2O. The summed E-state index contributed by atoms with van der Waals surface area (Å²) in [4.78, 5) is 2.29. The van der Waals surface area contributed by atoms with Crippen molar-refractivity contribution in [2.24, 2.45) is 5.73 Å². The van der Waals surface area contributed by atoms with Gasteiger partial charge in [-0.3, -0.25) is 0 Å². The van der Waals surface area contributed by atoms with Gasteiger partial charge in [-0.15, -0.1) is 0 Å². The second-order valence-corrected chi connectivity index (χ2v) is 4.88. The first-order chi connectivity index (χ1) is 7.61. The van der Waals surface area contributed by atoms with Crippen LogP contribution >= 0.6 is 0 Å². The molecule has 0 saturated heterocycles. The summed E-state index contributed by atoms with van der Waals surface area (Å²) < 4.78 is 5.13. The molecule has 88 valence electrons. The molecule has 0 aliphatic heterocycles. The van der Waals surface area contributed by atoms with E-state index in [0.29, 0.717) is 0 Å². The van der Waals surface area contributed by atoms with Gasteiger partial charge in [0.2, 0.25) is 0 Å². The van der Waals surface area contributed by atoms with E-state index in [4.69, 9.17) is 10.5 Å². The zero-order valence-corrected chi connectivity index (χ0v) is 10.1. The van der Waals surface area contributed by atoms with Crippen LogP contribution < -0.4 is 10.5 Å². The molecule has 1 fully saturated rings. The number of ether oxygens (including phenoxy) is 1. The third-order valence-corrected chi connectivity index (χ3v) is 3.09. The molecule has 0 bridgehead atoms. The summed E-state index contributed by atoms with van der Waals surface area (Å²) in [5.74, 6) is 0.906. The van der Waals surface area contributed by atoms with E-state index in [1.165, 1.54) is 18.4 Å². The minimum absolute atomic E-state index is 0.0984. The number of benzene rings is 1. The minimum atomic E-state index is 0.0984. The first kappa shape index (κ1) is 11.4. The molecule has 0 atom stereocenters. The van der Waals surface area contributed by atoms with E-state index in [-0.39, 0.29) is 5.54 Å². The Morgan fingerprint density at radius 1 is 1.31 bits per heavy atom. The third kappa shape index (κ3) is 2.97. The molecule has 0 aromatic heterocycles. The van der Waals surface area contributed by atoms with E-state index in [0.717, 1.165) is 18.8 Å². The molecule has 1 aliphatic carbocycles. The van der Waals surface area contributed by atoms with Crippen LogP contribution in [0.25, 0.3) is 0 Å². The molecule has 16 heavy (non-hydrogen) atoms. The van der Waals surface area contributed by atoms with E-state index in [9.17, 15) is 0 Å². The van der Waals surface area contributed by atoms with Crippen molar-refractivity contribution >= 4 is 0 Å². The number of hydrogen-bond donors (Lipinski definition) is 1. The van der Waals surface area contributed by atoms with Crippen LogP contribution in [-0.2, 0) is 6.54 Å². The Bertz CT molecular complexity index is 343. The molecule has 0 amide bonds. The Labute approximate surface area is 97.2 Å². The zero-order valence-electron chi connectivity index (χ0n) is 10.1. The van der Waals surface area contributed by atoms with Crippen molar-refractivity contribution in [2.45, 2.75) is 24.9 Å². The van der Waals surface area contributed by atoms with E-state index in [2.05, 4.69) is 24.1 Å². The Morgan fingerprint density at radius 2 is 1.94 bits per heavy atom. The summed E-state index contributed by atoms with van der Waals surface area (Å²) in [5, 5.41) is 0. The van der Waals surface area contributed by atoms with Crippen molar-refractivity contribution in [3.8, 4) is 5.75 Å². The molecule has 1 aromatic carbocycles. The molecule has 0 heterocycles. The minimum Gasteiger partial charge on any atom is -0.497 e. The lowest BCUT2D eigenvalue weighted by Crippen LogP contribution is -2.36. The molecule has 0 radical (unpaired) electrons. The van der Waals surface area contributed by atoms with E-state index in [1.54, 1.807) is 7.11 Å². The standard InChI is InChI=1S/C13H20N2O/c1-15(10-13(14)7-8-13)9-11-3-5-12(16-2)6-4-11/h3-6H,7-10,14H2,1-2H3. The molecule has 1 saturated carbocycles. The zero-order chi connectivity index (χ0) is 11.6. The van der Waals surface area contributed by atoms with Gasteiger partial charge in [-0.05, 0) is 37.6 Å². The molecule has 0 spiro atoms. The second kappa shape index (κ2) is 4.44. The van der Waals surface area contributed by atoms with Gasteiger partial charge in [-0.2, -0.15) is 0 Å². The second-order valence-electron chi connectivity index (χ2n) is 4.88. The van der Waals surface area contributed by atoms with Gasteiger partial charge in [-0.25, -0.2) is 0 Å². The Morgan fingerprint density at radius 3 is 2.44 bits per heavy atom. The highest BCUT2D eigenvalue weighted by atomic mass is 16.5. The van der Waals surface area contributed by atoms with Gasteiger partial charge < -0.3 is 15.4 Å². The fourth-order valence-electron chi connectivity index (χ4n) is 1.95. The summed E-state index contributed by atoms with van der Waals surface area (Å²) >= 11 is 0. The number of likely N-dealkylation sites (N-methyl/N-ethyl adjacent to an activating group) is 1. The average Bonchev–Trinajstić information content (AvgIpc) is 2.96. The SMILES string of the molecule is COc1ccc(CN(C)CC2(N)CC2)cc1. The lowest BCUT2D eigenvalue weighted by molar-refractivity contribution is 0.295. The van der Waals surface area contributed by atoms with Gasteiger partial charge in [0.25, 0.3) is 0 Å². The predicted octanol–water partition coefficient (Wildman–Crippen LogP) is 1.62. The van der Waals surface area contributed by atoms with Crippen molar-refractivity contribution in [1.29, 1.82) is 0 Å². The summed E-state index contributed by atoms with van der Waals surface area (Å²) in [5.41, 5.74) is 7.48. The summed E-state index contributed by atoms with van der Waals surface area (Å²) in [6.45, 7) is 1.93. The third-order valence-electron chi connectivity index (χ3n) is 3.09. The fourth-order valence-corrected chi connectivity index (χ4v) is 1.95. The average molecular weight is 220 g/mol. The highest BCUT2D eigenvalue weighted by Gasteiger charge is 2.38. The highest BCUT2D eigenvalue weighted by molar-refractivity contribution is 5.27. The normalized spacial score (nSPS) is 17.5. The number of methoxy groups -OCH3 is 1. The highest BCUT2D eigenvalue weighted by Crippen LogP contribution is 2.32. The lowest BCUT2D eigenvalue weighted by atomic mass is 10.2. The van der Waals surface area contributed by atoms with Gasteiger partial charge in [0.15, 0.2) is 0 Å². The number of hydrogen-bond acceptors (Lipinski definition) is 3. The van der Waals surface area contributed by atoms with E-state index >= 15 is 0 Å². The predicted molar refractivity (Wildman–Crippen MR) is 65.5 cm³/mol. The van der Waals surface area contributed by atoms with E-state index < -0.39 is 0 Å². The molecule has 1 aromatic rings. The fraction of sp³-hybridized carbons (Fsp3) is 0.538. The maximum atomic E-state index is 6.09. The van der Waals surface area contributed by atoms with Crippen molar-refractivity contribution in [3.05, 3.63) is 29.8 Å². The smallest absolute Gasteiger partial charge is 0.118 e. The van der Waals surface area contributed by atoms with Crippen LogP contribution in [0.5, 0.6) is 5.75 Å². The molecule has 1 aliphatic rings. The number of nitrogens with two attached hydrogens (primary N) is 1. The molecule has 0 unspecified atom stereocenters. The van der Waals surface area contributed by atoms with Crippen LogP contribution in [0, 0.1) is 0 Å². The monoisotopic (exact) mass is 220 g/mol. The maximum Gasteiger partial charge on any atom is 0.118 e. The summed E-state index contributed by atoms with van der Waals surface area (Å²) in [7, 11) is 3.81. The topological polar surface area (TPSA) is 38.5 Å². The summed E-state index contributed by atoms with van der Waals surface area (Å²) in [6, 6.07) is 8.20. The van der Waals surface area contributed by atoms with Gasteiger partial charge in [0.05, 0.1) is 7.11 Å². The molecule has 3 heteroatoms. The largest absolute Gasteiger partial charge is 0.497 e. The van der Waals surface area contributed by atoms with Crippen LogP contribution in [0.4, 0.5) is 0 Å². The van der Waals surface area contributed by atoms with Crippen LogP contribution in [0.1, 0.15) is 18.4 Å². The first-order valence-corrected chi connectivity index (χ1v) is 5.72. The van der Waals surface area contributed by atoms with Gasteiger partial charge in [-0.1, -0.05) is 12.1 Å². The van der Waals surface area contributed by atoms with Crippen LogP contribution in [0.2, 0.25) is 0 Å². The summed E-state index contributed by atoms with van der Waals surface area (Å²) in [6.07, 6.45) is 2.33. The maximum absolute atomic E-state index is 6.09. The van der Waals surface area contributed by atoms with Gasteiger partial charge >= 0.3 is 0 Å². The van der Waals surface area contributed by atoms with Crippen LogP contribution in [0.15, 0.2) is 24.3 Å². The van der Waals surface area contributed by atoms with Crippen LogP contribution in [-0.4, -0.2) is 31.1 Å². The number of rotatable bonds is 5. The van der Waals surface area contributed by atoms with E-state index in [1.807, 2.05) is 12.1 Å². The Kier molecular flexibility index (Phi) is 3.17. The van der Waals surface area contributed by atoms with Crippen molar-refractivity contribution < 1.29 is 4.74 Å². The Balaban J connectivity index is 1.87. The lowest BCUT2D eigenvalue weighted by Gasteiger charge is -2.20. The quantitative estimate of drug-likeness (QED) is 0.819. The molecule has 3 nitrogen and oxygen atoms in total. The first-order valence-electron chi connectivity index (χ1n) is 5.72. The number of nitrogens with zero attached hydrogens (tertiary/aromatic N) is 1.